The van der Waals surface area contributed by atoms with Gasteiger partial charge in [0.1, 0.15) is 11.9 Å². The van der Waals surface area contributed by atoms with Gasteiger partial charge in [0.15, 0.2) is 17.7 Å². The lowest BCUT2D eigenvalue weighted by atomic mass is 10.0. The Morgan fingerprint density at radius 2 is 1.76 bits per heavy atom. The first-order valence-corrected chi connectivity index (χ1v) is 14.2. The maximum atomic E-state index is 15.5. The number of halogens is 8. The predicted octanol–water partition coefficient (Wildman–Crippen LogP) is 6.50. The summed E-state index contributed by atoms with van der Waals surface area (Å²) in [6.07, 6.45) is 0.210. The highest BCUT2D eigenvalue weighted by Gasteiger charge is 2.35. The van der Waals surface area contributed by atoms with Crippen molar-refractivity contribution < 1.29 is 45.4 Å². The summed E-state index contributed by atoms with van der Waals surface area (Å²) in [5.41, 5.74) is -1.99. The van der Waals surface area contributed by atoms with E-state index in [0.29, 0.717) is 25.9 Å². The van der Waals surface area contributed by atoms with Gasteiger partial charge in [0.2, 0.25) is 5.69 Å². The molecule has 0 bridgehead atoms. The summed E-state index contributed by atoms with van der Waals surface area (Å²) in [7, 11) is 0. The molecular weight excluding hydrogens is 689 g/mol. The van der Waals surface area contributed by atoms with Crippen LogP contribution in [0.15, 0.2) is 79.5 Å². The number of carboxylic acids is 1. The number of hydrogen-bond acceptors (Lipinski definition) is 6. The van der Waals surface area contributed by atoms with Gasteiger partial charge >= 0.3 is 18.7 Å². The quantitative estimate of drug-likeness (QED) is 0.103. The molecule has 49 heavy (non-hydrogen) atoms. The highest BCUT2D eigenvalue weighted by molar-refractivity contribution is 6.31. The molecule has 1 N–H and O–H groups in total. The zero-order valence-corrected chi connectivity index (χ0v) is 25.0. The van der Waals surface area contributed by atoms with Crippen LogP contribution in [-0.4, -0.2) is 45.6 Å². The molecule has 19 heteroatoms. The van der Waals surface area contributed by atoms with Crippen molar-refractivity contribution in [2.75, 3.05) is 0 Å². The molecule has 0 aliphatic carbocycles. The Morgan fingerprint density at radius 1 is 1.00 bits per heavy atom. The molecule has 6 rings (SSSR count). The number of carboxylic acid groups (broad SMARTS) is 1. The van der Waals surface area contributed by atoms with Gasteiger partial charge in [-0.05, 0) is 42.0 Å². The zero-order chi connectivity index (χ0) is 35.2. The SMILES string of the molecule is O=C(O)c1ccc(-c2cnn([C@H](Cc3ccn(C(F)F)n3)c3ccc(-c4c(-n5cc(C(F)(F)F)nn5)ccc(Cl)c4F)c[n+]3[O-])c2)cc1F. The molecule has 0 saturated carbocycles. The van der Waals surface area contributed by atoms with Crippen molar-refractivity contribution in [1.82, 2.24) is 34.6 Å². The van der Waals surface area contributed by atoms with Crippen molar-refractivity contribution in [1.29, 1.82) is 0 Å². The van der Waals surface area contributed by atoms with E-state index < -0.39 is 52.7 Å². The van der Waals surface area contributed by atoms with Crippen LogP contribution in [0.25, 0.3) is 27.9 Å². The van der Waals surface area contributed by atoms with E-state index in [9.17, 15) is 36.3 Å². The molecule has 4 heterocycles. The molecular formula is C30H18ClF7N8O3. The fraction of sp³-hybridized carbons (Fsp3) is 0.133. The van der Waals surface area contributed by atoms with Crippen molar-refractivity contribution in [3.05, 3.63) is 124 Å². The van der Waals surface area contributed by atoms with E-state index >= 15 is 4.39 Å². The third-order valence-electron chi connectivity index (χ3n) is 7.40. The van der Waals surface area contributed by atoms with E-state index in [1.165, 1.54) is 47.4 Å². The van der Waals surface area contributed by atoms with Gasteiger partial charge in [-0.1, -0.05) is 22.9 Å². The van der Waals surface area contributed by atoms with E-state index in [-0.39, 0.29) is 40.2 Å². The van der Waals surface area contributed by atoms with Gasteiger partial charge in [0, 0.05) is 30.4 Å². The second-order valence-electron chi connectivity index (χ2n) is 10.5. The van der Waals surface area contributed by atoms with Gasteiger partial charge in [0.25, 0.3) is 0 Å². The summed E-state index contributed by atoms with van der Waals surface area (Å²) in [6.45, 7) is -2.95. The number of aromatic nitrogens is 8. The number of carbonyl (C=O) groups is 1. The van der Waals surface area contributed by atoms with E-state index in [0.717, 1.165) is 30.6 Å². The highest BCUT2D eigenvalue weighted by atomic mass is 35.5. The number of rotatable bonds is 9. The molecule has 0 unspecified atom stereocenters. The molecule has 4 aromatic heterocycles. The van der Waals surface area contributed by atoms with Crippen molar-refractivity contribution in [2.24, 2.45) is 0 Å². The van der Waals surface area contributed by atoms with Gasteiger partial charge in [-0.25, -0.2) is 22.9 Å². The fourth-order valence-corrected chi connectivity index (χ4v) is 5.23. The monoisotopic (exact) mass is 706 g/mol. The minimum Gasteiger partial charge on any atom is -0.618 e. The Hall–Kier alpha value is -5.78. The Labute approximate surface area is 274 Å². The maximum absolute atomic E-state index is 15.5. The highest BCUT2D eigenvalue weighted by Crippen LogP contribution is 2.35. The first kappa shape index (κ1) is 33.1. The van der Waals surface area contributed by atoms with Gasteiger partial charge in [0.05, 0.1) is 45.5 Å². The topological polar surface area (TPSA) is 131 Å². The number of aromatic carboxylic acids is 1. The first-order chi connectivity index (χ1) is 23.2. The smallest absolute Gasteiger partial charge is 0.436 e. The molecule has 252 valence electrons. The van der Waals surface area contributed by atoms with Crippen molar-refractivity contribution >= 4 is 17.6 Å². The molecule has 0 saturated heterocycles. The molecule has 0 spiro atoms. The van der Waals surface area contributed by atoms with Crippen molar-refractivity contribution in [3.63, 3.8) is 0 Å². The molecule has 1 atom stereocenters. The fourth-order valence-electron chi connectivity index (χ4n) is 5.07. The second kappa shape index (κ2) is 12.7. The summed E-state index contributed by atoms with van der Waals surface area (Å²) < 4.78 is 98.8. The maximum Gasteiger partial charge on any atom is 0.436 e. The second-order valence-corrected chi connectivity index (χ2v) is 10.9. The molecule has 0 aliphatic heterocycles. The lowest BCUT2D eigenvalue weighted by molar-refractivity contribution is -0.615. The lowest BCUT2D eigenvalue weighted by Gasteiger charge is -2.18. The van der Waals surface area contributed by atoms with Crippen LogP contribution in [0.5, 0.6) is 0 Å². The average Bonchev–Trinajstić information content (AvgIpc) is 3.82. The molecule has 2 aromatic carbocycles. The van der Waals surface area contributed by atoms with Crippen LogP contribution in [0.2, 0.25) is 5.02 Å². The van der Waals surface area contributed by atoms with Crippen LogP contribution >= 0.6 is 11.6 Å². The minimum atomic E-state index is -4.84. The summed E-state index contributed by atoms with van der Waals surface area (Å²) in [6, 6.07) is 8.48. The number of hydrogen-bond donors (Lipinski definition) is 1. The Kier molecular flexibility index (Phi) is 8.57. The number of pyridine rings is 1. The van der Waals surface area contributed by atoms with Gasteiger partial charge < -0.3 is 10.3 Å². The normalized spacial score (nSPS) is 12.5. The average molecular weight is 707 g/mol. The lowest BCUT2D eigenvalue weighted by Crippen LogP contribution is -2.36. The predicted molar refractivity (Wildman–Crippen MR) is 156 cm³/mol. The number of nitrogens with zero attached hydrogens (tertiary/aromatic N) is 8. The molecule has 6 aromatic rings. The third-order valence-corrected chi connectivity index (χ3v) is 7.69. The van der Waals surface area contributed by atoms with Crippen LogP contribution in [0.1, 0.15) is 40.0 Å². The van der Waals surface area contributed by atoms with Crippen LogP contribution < -0.4 is 4.73 Å². The van der Waals surface area contributed by atoms with Crippen LogP contribution in [-0.2, 0) is 12.6 Å². The van der Waals surface area contributed by atoms with Crippen LogP contribution in [0, 0.1) is 16.8 Å². The summed E-state index contributed by atoms with van der Waals surface area (Å²) in [5, 5.41) is 37.0. The first-order valence-electron chi connectivity index (χ1n) is 13.8. The molecule has 11 nitrogen and oxygen atoms in total. The summed E-state index contributed by atoms with van der Waals surface area (Å²) in [4.78, 5) is 11.2. The third kappa shape index (κ3) is 6.54. The Bertz CT molecular complexity index is 2200. The summed E-state index contributed by atoms with van der Waals surface area (Å²) in [5.74, 6) is -3.54. The Balaban J connectivity index is 1.42. The van der Waals surface area contributed by atoms with E-state index in [2.05, 4.69) is 20.5 Å². The minimum absolute atomic E-state index is 0.0542. The van der Waals surface area contributed by atoms with Gasteiger partial charge in [-0.2, -0.15) is 36.9 Å². The van der Waals surface area contributed by atoms with Gasteiger partial charge in [-0.15, -0.1) is 5.10 Å². The zero-order valence-electron chi connectivity index (χ0n) is 24.2. The van der Waals surface area contributed by atoms with Crippen molar-refractivity contribution in [2.45, 2.75) is 25.2 Å². The number of alkyl halides is 5. The van der Waals surface area contributed by atoms with Gasteiger partial charge in [-0.3, -0.25) is 4.68 Å². The standard InChI is InChI=1S/C30H18ClF7N8O3/c31-20-4-6-23(45-14-25(40-42-45)30(36,37)38)26(27(20)33)16-2-5-22(46(49)13-16)24(10-18-7-8-43(41-18)29(34)35)44-12-17(11-39-44)15-1-3-19(28(47)48)21(32)9-15/h1-9,11-14,24,29H,10H2,(H,47,48)/t24-/m1/s1. The van der Waals surface area contributed by atoms with E-state index in [1.807, 2.05) is 0 Å². The molecule has 0 fully saturated rings. The molecule has 0 radical (unpaired) electrons. The molecule has 0 aliphatic rings. The van der Waals surface area contributed by atoms with Crippen LogP contribution in [0.3, 0.4) is 0 Å². The summed E-state index contributed by atoms with van der Waals surface area (Å²) >= 11 is 5.99. The molecule has 0 amide bonds. The Morgan fingerprint density at radius 3 is 2.39 bits per heavy atom. The van der Waals surface area contributed by atoms with Crippen LogP contribution in [0.4, 0.5) is 30.7 Å². The van der Waals surface area contributed by atoms with E-state index in [1.54, 1.807) is 0 Å². The van der Waals surface area contributed by atoms with E-state index in [4.69, 9.17) is 16.7 Å². The van der Waals surface area contributed by atoms with Crippen molar-refractivity contribution in [3.8, 4) is 27.9 Å². The number of benzene rings is 2. The largest absolute Gasteiger partial charge is 0.618 e.